The van der Waals surface area contributed by atoms with Crippen molar-refractivity contribution in [1.29, 1.82) is 0 Å². The van der Waals surface area contributed by atoms with Crippen molar-refractivity contribution in [2.75, 3.05) is 19.6 Å². The lowest BCUT2D eigenvalue weighted by atomic mass is 10.2. The fraction of sp³-hybridized carbons (Fsp3) is 0.500. The Hall–Kier alpha value is -0.830. The van der Waals surface area contributed by atoms with Crippen LogP contribution in [-0.4, -0.2) is 38.4 Å². The van der Waals surface area contributed by atoms with Gasteiger partial charge in [-0.2, -0.15) is 17.5 Å². The van der Waals surface area contributed by atoms with Gasteiger partial charge in [0.2, 0.25) is 10.0 Å². The van der Waals surface area contributed by atoms with Gasteiger partial charge in [0, 0.05) is 25.7 Å². The van der Waals surface area contributed by atoms with E-state index in [9.17, 15) is 21.6 Å². The molecule has 1 heterocycles. The van der Waals surface area contributed by atoms with E-state index in [1.54, 1.807) is 6.92 Å². The SMILES string of the molecule is CC1CNCCN1S(=O)(=O)c1cc(C(F)(F)F)ccc1Cl. The molecule has 1 aromatic rings. The largest absolute Gasteiger partial charge is 0.416 e. The summed E-state index contributed by atoms with van der Waals surface area (Å²) in [6.45, 7) is 2.76. The predicted octanol–water partition coefficient (Wildman–Crippen LogP) is 2.34. The van der Waals surface area contributed by atoms with Crippen LogP contribution in [0.3, 0.4) is 0 Å². The third-order valence-electron chi connectivity index (χ3n) is 3.29. The molecule has 1 atom stereocenters. The van der Waals surface area contributed by atoms with Gasteiger partial charge in [0.05, 0.1) is 10.6 Å². The van der Waals surface area contributed by atoms with Crippen molar-refractivity contribution >= 4 is 21.6 Å². The summed E-state index contributed by atoms with van der Waals surface area (Å²) in [6, 6.07) is 1.97. The highest BCUT2D eigenvalue weighted by atomic mass is 35.5. The van der Waals surface area contributed by atoms with E-state index in [1.807, 2.05) is 0 Å². The Balaban J connectivity index is 2.49. The minimum atomic E-state index is -4.62. The van der Waals surface area contributed by atoms with Crippen molar-refractivity contribution in [1.82, 2.24) is 9.62 Å². The van der Waals surface area contributed by atoms with Crippen LogP contribution in [0.5, 0.6) is 0 Å². The lowest BCUT2D eigenvalue weighted by Gasteiger charge is -2.33. The molecule has 0 aliphatic carbocycles. The monoisotopic (exact) mass is 342 g/mol. The average Bonchev–Trinajstić information content (AvgIpc) is 2.37. The second-order valence-corrected chi connectivity index (χ2v) is 7.08. The molecule has 1 aromatic carbocycles. The maximum Gasteiger partial charge on any atom is 0.416 e. The van der Waals surface area contributed by atoms with Crippen molar-refractivity contribution < 1.29 is 21.6 Å². The Labute approximate surface area is 125 Å². The fourth-order valence-corrected chi connectivity index (χ4v) is 4.32. The molecule has 0 spiro atoms. The van der Waals surface area contributed by atoms with E-state index in [0.717, 1.165) is 12.1 Å². The number of benzene rings is 1. The number of rotatable bonds is 2. The average molecular weight is 343 g/mol. The Morgan fingerprint density at radius 2 is 2.05 bits per heavy atom. The molecular formula is C12H14ClF3N2O2S. The van der Waals surface area contributed by atoms with Crippen LogP contribution in [0.2, 0.25) is 5.02 Å². The van der Waals surface area contributed by atoms with Crippen LogP contribution in [-0.2, 0) is 16.2 Å². The van der Waals surface area contributed by atoms with Crippen molar-refractivity contribution in [3.05, 3.63) is 28.8 Å². The number of halogens is 4. The van der Waals surface area contributed by atoms with Gasteiger partial charge in [-0.1, -0.05) is 11.6 Å². The van der Waals surface area contributed by atoms with E-state index < -0.39 is 26.7 Å². The first-order valence-electron chi connectivity index (χ1n) is 6.23. The lowest BCUT2D eigenvalue weighted by molar-refractivity contribution is -0.137. The zero-order valence-electron chi connectivity index (χ0n) is 11.1. The van der Waals surface area contributed by atoms with Crippen LogP contribution >= 0.6 is 11.6 Å². The van der Waals surface area contributed by atoms with Gasteiger partial charge in [-0.05, 0) is 25.1 Å². The van der Waals surface area contributed by atoms with Gasteiger partial charge in [-0.15, -0.1) is 0 Å². The Bertz CT molecular complexity index is 634. The highest BCUT2D eigenvalue weighted by Gasteiger charge is 2.36. The minimum absolute atomic E-state index is 0.191. The topological polar surface area (TPSA) is 49.4 Å². The summed E-state index contributed by atoms with van der Waals surface area (Å²) < 4.78 is 64.5. The van der Waals surface area contributed by atoms with Crippen LogP contribution in [0.4, 0.5) is 13.2 Å². The number of nitrogens with zero attached hydrogens (tertiary/aromatic N) is 1. The first-order chi connectivity index (χ1) is 9.64. The van der Waals surface area contributed by atoms with E-state index in [2.05, 4.69) is 5.32 Å². The summed E-state index contributed by atoms with van der Waals surface area (Å²) in [5, 5.41) is 2.81. The summed E-state index contributed by atoms with van der Waals surface area (Å²) in [7, 11) is -4.06. The van der Waals surface area contributed by atoms with Crippen LogP contribution < -0.4 is 5.32 Å². The van der Waals surface area contributed by atoms with Gasteiger partial charge in [-0.25, -0.2) is 8.42 Å². The molecule has 4 nitrogen and oxygen atoms in total. The van der Waals surface area contributed by atoms with Crippen LogP contribution in [0, 0.1) is 0 Å². The molecule has 0 amide bonds. The number of hydrogen-bond acceptors (Lipinski definition) is 3. The molecule has 1 saturated heterocycles. The quantitative estimate of drug-likeness (QED) is 0.897. The molecular weight excluding hydrogens is 329 g/mol. The van der Waals surface area contributed by atoms with Gasteiger partial charge < -0.3 is 5.32 Å². The summed E-state index contributed by atoms with van der Waals surface area (Å²) in [5.74, 6) is 0. The zero-order chi connectivity index (χ0) is 15.8. The van der Waals surface area contributed by atoms with Crippen molar-refractivity contribution in [2.24, 2.45) is 0 Å². The first kappa shape index (κ1) is 16.5. The molecule has 21 heavy (non-hydrogen) atoms. The molecule has 0 saturated carbocycles. The third-order valence-corrected chi connectivity index (χ3v) is 5.78. The minimum Gasteiger partial charge on any atom is -0.314 e. The summed E-state index contributed by atoms with van der Waals surface area (Å²) in [5.41, 5.74) is -1.03. The maximum absolute atomic E-state index is 12.7. The van der Waals surface area contributed by atoms with E-state index in [1.165, 1.54) is 4.31 Å². The van der Waals surface area contributed by atoms with Crippen molar-refractivity contribution in [2.45, 2.75) is 24.0 Å². The summed E-state index contributed by atoms with van der Waals surface area (Å²) in [4.78, 5) is -0.507. The molecule has 1 unspecified atom stereocenters. The van der Waals surface area contributed by atoms with Crippen molar-refractivity contribution in [3.8, 4) is 0 Å². The van der Waals surface area contributed by atoms with Gasteiger partial charge in [0.25, 0.3) is 0 Å². The number of alkyl halides is 3. The Morgan fingerprint density at radius 1 is 1.38 bits per heavy atom. The Kier molecular flexibility index (Phi) is 4.53. The van der Waals surface area contributed by atoms with Gasteiger partial charge in [-0.3, -0.25) is 0 Å². The summed E-state index contributed by atoms with van der Waals surface area (Å²) >= 11 is 5.81. The molecule has 1 aliphatic rings. The molecule has 2 rings (SSSR count). The van der Waals surface area contributed by atoms with E-state index in [4.69, 9.17) is 11.6 Å². The molecule has 0 radical (unpaired) electrons. The Morgan fingerprint density at radius 3 is 2.62 bits per heavy atom. The number of sulfonamides is 1. The number of nitrogens with one attached hydrogen (secondary N) is 1. The first-order valence-corrected chi connectivity index (χ1v) is 8.05. The predicted molar refractivity (Wildman–Crippen MR) is 72.7 cm³/mol. The third kappa shape index (κ3) is 3.33. The number of hydrogen-bond donors (Lipinski definition) is 1. The van der Waals surface area contributed by atoms with Crippen LogP contribution in [0.25, 0.3) is 0 Å². The van der Waals surface area contributed by atoms with Gasteiger partial charge >= 0.3 is 6.18 Å². The molecule has 1 aliphatic heterocycles. The summed E-state index contributed by atoms with van der Waals surface area (Å²) in [6.07, 6.45) is -4.62. The molecule has 0 bridgehead atoms. The number of piperazine rings is 1. The highest BCUT2D eigenvalue weighted by molar-refractivity contribution is 7.89. The van der Waals surface area contributed by atoms with Gasteiger partial charge in [0.15, 0.2) is 0 Å². The highest BCUT2D eigenvalue weighted by Crippen LogP contribution is 2.34. The standard InChI is InChI=1S/C12H14ClF3N2O2S/c1-8-7-17-4-5-18(8)21(19,20)11-6-9(12(14,15)16)2-3-10(11)13/h2-3,6,8,17H,4-5,7H2,1H3. The second-order valence-electron chi connectivity index (χ2n) is 4.81. The second kappa shape index (κ2) is 5.75. The van der Waals surface area contributed by atoms with Crippen LogP contribution in [0.15, 0.2) is 23.1 Å². The van der Waals surface area contributed by atoms with Crippen LogP contribution in [0.1, 0.15) is 12.5 Å². The fourth-order valence-electron chi connectivity index (χ4n) is 2.18. The molecule has 1 fully saturated rings. The smallest absolute Gasteiger partial charge is 0.314 e. The van der Waals surface area contributed by atoms with Gasteiger partial charge in [0.1, 0.15) is 4.90 Å². The normalized spacial score (nSPS) is 21.5. The van der Waals surface area contributed by atoms with E-state index >= 15 is 0 Å². The van der Waals surface area contributed by atoms with Crippen molar-refractivity contribution in [3.63, 3.8) is 0 Å². The lowest BCUT2D eigenvalue weighted by Crippen LogP contribution is -2.52. The molecule has 9 heteroatoms. The maximum atomic E-state index is 12.7. The zero-order valence-corrected chi connectivity index (χ0v) is 12.7. The van der Waals surface area contributed by atoms with E-state index in [0.29, 0.717) is 19.2 Å². The van der Waals surface area contributed by atoms with E-state index in [-0.39, 0.29) is 17.6 Å². The molecule has 1 N–H and O–H groups in total. The molecule has 118 valence electrons. The molecule has 0 aromatic heterocycles.